The highest BCUT2D eigenvalue weighted by molar-refractivity contribution is 5.97. The average Bonchev–Trinajstić information content (AvgIpc) is 2.38. The molecule has 1 aromatic carbocycles. The van der Waals surface area contributed by atoms with Crippen LogP contribution in [0.4, 0.5) is 5.69 Å². The minimum atomic E-state index is -0.359. The van der Waals surface area contributed by atoms with Crippen molar-refractivity contribution < 1.29 is 19.4 Å². The number of aliphatic hydroxyl groups excluding tert-OH is 1. The van der Waals surface area contributed by atoms with E-state index in [2.05, 4.69) is 0 Å². The van der Waals surface area contributed by atoms with Crippen LogP contribution in [0, 0.1) is 6.92 Å². The first kappa shape index (κ1) is 12.9. The smallest absolute Gasteiger partial charge is 0.253 e. The van der Waals surface area contributed by atoms with Gasteiger partial charge in [0.2, 0.25) is 0 Å². The number of carbonyl (C=O) groups excluding carboxylic acids is 1. The molecule has 1 atom stereocenters. The first-order chi connectivity index (χ1) is 8.67. The Hall–Kier alpha value is -1.59. The molecule has 98 valence electrons. The number of nitrogens with zero attached hydrogens (tertiary/aromatic N) is 1. The lowest BCUT2D eigenvalue weighted by atomic mass is 10.1. The monoisotopic (exact) mass is 251 g/mol. The maximum Gasteiger partial charge on any atom is 0.253 e. The predicted octanol–water partition coefficient (Wildman–Crippen LogP) is 0.728. The highest BCUT2D eigenvalue weighted by Crippen LogP contribution is 2.32. The van der Waals surface area contributed by atoms with Crippen LogP contribution in [-0.4, -0.2) is 44.0 Å². The van der Waals surface area contributed by atoms with E-state index in [4.69, 9.17) is 9.47 Å². The molecule has 1 unspecified atom stereocenters. The fourth-order valence-electron chi connectivity index (χ4n) is 2.08. The van der Waals surface area contributed by atoms with Crippen molar-refractivity contribution in [2.24, 2.45) is 0 Å². The highest BCUT2D eigenvalue weighted by Gasteiger charge is 2.31. The van der Waals surface area contributed by atoms with Crippen LogP contribution in [0.3, 0.4) is 0 Å². The Morgan fingerprint density at radius 3 is 3.00 bits per heavy atom. The summed E-state index contributed by atoms with van der Waals surface area (Å²) in [7, 11) is 1.56. The van der Waals surface area contributed by atoms with Crippen LogP contribution in [0.25, 0.3) is 0 Å². The first-order valence-electron chi connectivity index (χ1n) is 5.82. The molecule has 0 spiro atoms. The third kappa shape index (κ3) is 2.32. The predicted molar refractivity (Wildman–Crippen MR) is 66.9 cm³/mol. The number of morpholine rings is 1. The summed E-state index contributed by atoms with van der Waals surface area (Å²) >= 11 is 0. The fraction of sp³-hybridized carbons (Fsp3) is 0.462. The number of ether oxygens (including phenoxy) is 2. The molecular formula is C13H17NO4. The molecule has 1 N–H and O–H groups in total. The van der Waals surface area contributed by atoms with Gasteiger partial charge in [-0.25, -0.2) is 0 Å². The molecule has 1 heterocycles. The van der Waals surface area contributed by atoms with Gasteiger partial charge < -0.3 is 14.6 Å². The van der Waals surface area contributed by atoms with Gasteiger partial charge in [0, 0.05) is 0 Å². The number of aliphatic hydroxyl groups is 1. The minimum absolute atomic E-state index is 0.0353. The quantitative estimate of drug-likeness (QED) is 0.860. The number of hydrogen-bond donors (Lipinski definition) is 1. The third-order valence-electron chi connectivity index (χ3n) is 2.97. The Balaban J connectivity index is 2.43. The lowest BCUT2D eigenvalue weighted by molar-refractivity contribution is -0.128. The van der Waals surface area contributed by atoms with Gasteiger partial charge in [-0.05, 0) is 24.6 Å². The molecule has 5 heteroatoms. The van der Waals surface area contributed by atoms with Crippen LogP contribution in [0.1, 0.15) is 5.56 Å². The fourth-order valence-corrected chi connectivity index (χ4v) is 2.08. The highest BCUT2D eigenvalue weighted by atomic mass is 16.5. The van der Waals surface area contributed by atoms with Gasteiger partial charge in [-0.2, -0.15) is 0 Å². The SMILES string of the molecule is COc1ccc(C)cc1N1C(=O)COCC1CO. The van der Waals surface area contributed by atoms with Crippen LogP contribution in [0.15, 0.2) is 18.2 Å². The molecule has 1 amide bonds. The zero-order valence-corrected chi connectivity index (χ0v) is 10.5. The number of amides is 1. The van der Waals surface area contributed by atoms with Crippen LogP contribution in [0.5, 0.6) is 5.75 Å². The zero-order valence-electron chi connectivity index (χ0n) is 10.5. The van der Waals surface area contributed by atoms with Crippen molar-refractivity contribution >= 4 is 11.6 Å². The Bertz CT molecular complexity index is 447. The molecule has 1 fully saturated rings. The third-order valence-corrected chi connectivity index (χ3v) is 2.97. The van der Waals surface area contributed by atoms with Crippen molar-refractivity contribution in [1.82, 2.24) is 0 Å². The van der Waals surface area contributed by atoms with Crippen molar-refractivity contribution in [1.29, 1.82) is 0 Å². The number of methoxy groups -OCH3 is 1. The molecule has 1 aliphatic heterocycles. The van der Waals surface area contributed by atoms with Gasteiger partial charge in [0.25, 0.3) is 5.91 Å². The van der Waals surface area contributed by atoms with E-state index in [9.17, 15) is 9.90 Å². The first-order valence-corrected chi connectivity index (χ1v) is 5.82. The molecular weight excluding hydrogens is 234 g/mol. The number of benzene rings is 1. The standard InChI is InChI=1S/C13H17NO4/c1-9-3-4-12(17-2)11(5-9)14-10(6-15)7-18-8-13(14)16/h3-5,10,15H,6-8H2,1-2H3. The molecule has 2 rings (SSSR count). The van der Waals surface area contributed by atoms with Crippen molar-refractivity contribution in [2.75, 3.05) is 31.8 Å². The van der Waals surface area contributed by atoms with Gasteiger partial charge in [0.1, 0.15) is 12.4 Å². The maximum atomic E-state index is 12.0. The van der Waals surface area contributed by atoms with Crippen molar-refractivity contribution in [3.63, 3.8) is 0 Å². The molecule has 0 radical (unpaired) electrons. The lowest BCUT2D eigenvalue weighted by Gasteiger charge is -2.35. The summed E-state index contributed by atoms with van der Waals surface area (Å²) in [5, 5.41) is 9.36. The molecule has 0 saturated carbocycles. The van der Waals surface area contributed by atoms with Gasteiger partial charge in [-0.15, -0.1) is 0 Å². The van der Waals surface area contributed by atoms with Crippen LogP contribution >= 0.6 is 0 Å². The number of anilines is 1. The normalized spacial score (nSPS) is 20.1. The lowest BCUT2D eigenvalue weighted by Crippen LogP contribution is -2.51. The van der Waals surface area contributed by atoms with Crippen LogP contribution in [-0.2, 0) is 9.53 Å². The van der Waals surface area contributed by atoms with Gasteiger partial charge >= 0.3 is 0 Å². The number of aryl methyl sites for hydroxylation is 1. The van der Waals surface area contributed by atoms with E-state index in [1.165, 1.54) is 0 Å². The van der Waals surface area contributed by atoms with E-state index in [1.54, 1.807) is 12.0 Å². The maximum absolute atomic E-state index is 12.0. The molecule has 0 bridgehead atoms. The summed E-state index contributed by atoms with van der Waals surface area (Å²) in [6.45, 7) is 2.18. The molecule has 1 saturated heterocycles. The summed E-state index contributed by atoms with van der Waals surface area (Å²) < 4.78 is 10.4. The Kier molecular flexibility index (Phi) is 3.84. The van der Waals surface area contributed by atoms with Crippen LogP contribution in [0.2, 0.25) is 0 Å². The molecule has 0 aliphatic carbocycles. The van der Waals surface area contributed by atoms with E-state index in [1.807, 2.05) is 25.1 Å². The van der Waals surface area contributed by atoms with Gasteiger partial charge in [0.15, 0.2) is 0 Å². The van der Waals surface area contributed by atoms with E-state index in [0.717, 1.165) is 5.56 Å². The Morgan fingerprint density at radius 2 is 2.33 bits per heavy atom. The average molecular weight is 251 g/mol. The topological polar surface area (TPSA) is 59.0 Å². The number of carbonyl (C=O) groups is 1. The minimum Gasteiger partial charge on any atom is -0.495 e. The van der Waals surface area contributed by atoms with Crippen molar-refractivity contribution in [2.45, 2.75) is 13.0 Å². The summed E-state index contributed by atoms with van der Waals surface area (Å²) in [6, 6.07) is 5.26. The van der Waals surface area contributed by atoms with Gasteiger partial charge in [0.05, 0.1) is 32.1 Å². The van der Waals surface area contributed by atoms with E-state index in [0.29, 0.717) is 18.0 Å². The second-order valence-electron chi connectivity index (χ2n) is 4.29. The summed E-state index contributed by atoms with van der Waals surface area (Å²) in [5.41, 5.74) is 1.71. The molecule has 5 nitrogen and oxygen atoms in total. The molecule has 18 heavy (non-hydrogen) atoms. The zero-order chi connectivity index (χ0) is 13.1. The van der Waals surface area contributed by atoms with Gasteiger partial charge in [-0.3, -0.25) is 9.69 Å². The summed E-state index contributed by atoms with van der Waals surface area (Å²) in [6.07, 6.45) is 0. The Morgan fingerprint density at radius 1 is 1.56 bits per heavy atom. The number of hydrogen-bond acceptors (Lipinski definition) is 4. The summed E-state index contributed by atoms with van der Waals surface area (Å²) in [4.78, 5) is 13.5. The van der Waals surface area contributed by atoms with Crippen molar-refractivity contribution in [3.05, 3.63) is 23.8 Å². The molecule has 1 aliphatic rings. The van der Waals surface area contributed by atoms with E-state index in [-0.39, 0.29) is 25.2 Å². The van der Waals surface area contributed by atoms with Gasteiger partial charge in [-0.1, -0.05) is 6.07 Å². The summed E-state index contributed by atoms with van der Waals surface area (Å²) in [5.74, 6) is 0.457. The van der Waals surface area contributed by atoms with Crippen molar-refractivity contribution in [3.8, 4) is 5.75 Å². The van der Waals surface area contributed by atoms with E-state index < -0.39 is 0 Å². The molecule has 0 aromatic heterocycles. The largest absolute Gasteiger partial charge is 0.495 e. The number of rotatable bonds is 3. The van der Waals surface area contributed by atoms with E-state index >= 15 is 0 Å². The second kappa shape index (κ2) is 5.37. The Labute approximate surface area is 106 Å². The second-order valence-corrected chi connectivity index (χ2v) is 4.29. The molecule has 1 aromatic rings. The van der Waals surface area contributed by atoms with Crippen LogP contribution < -0.4 is 9.64 Å².